The van der Waals surface area contributed by atoms with E-state index in [4.69, 9.17) is 14.2 Å². The third-order valence-corrected chi connectivity index (χ3v) is 3.78. The maximum atomic E-state index is 12.3. The van der Waals surface area contributed by atoms with Crippen molar-refractivity contribution in [1.82, 2.24) is 4.90 Å². The van der Waals surface area contributed by atoms with Crippen LogP contribution >= 0.6 is 0 Å². The quantitative estimate of drug-likeness (QED) is 0.604. The minimum atomic E-state index is -0.783. The number of amides is 1. The van der Waals surface area contributed by atoms with Gasteiger partial charge in [0.15, 0.2) is 0 Å². The second kappa shape index (κ2) is 8.21. The number of hydrogen-bond acceptors (Lipinski definition) is 6. The topological polar surface area (TPSA) is 82.1 Å². The Bertz CT molecular complexity index is 652. The van der Waals surface area contributed by atoms with Crippen LogP contribution in [0.25, 0.3) is 0 Å². The van der Waals surface area contributed by atoms with Gasteiger partial charge in [-0.3, -0.25) is 4.79 Å². The van der Waals surface area contributed by atoms with Crippen molar-refractivity contribution in [2.45, 2.75) is 39.4 Å². The van der Waals surface area contributed by atoms with Crippen LogP contribution < -0.4 is 0 Å². The molecule has 1 aliphatic heterocycles. The molecule has 0 N–H and O–H groups in total. The number of carbonyl (C=O) groups is 3. The highest BCUT2D eigenvalue weighted by Gasteiger charge is 2.44. The fourth-order valence-corrected chi connectivity index (χ4v) is 2.62. The van der Waals surface area contributed by atoms with E-state index in [0.717, 1.165) is 0 Å². The Balaban J connectivity index is 2.11. The van der Waals surface area contributed by atoms with Gasteiger partial charge in [0.2, 0.25) is 0 Å². The highest BCUT2D eigenvalue weighted by atomic mass is 16.6. The summed E-state index contributed by atoms with van der Waals surface area (Å²) in [5.41, 5.74) is -0.277. The molecular formula is C19H25NO6. The molecule has 0 bridgehead atoms. The van der Waals surface area contributed by atoms with Gasteiger partial charge in [-0.2, -0.15) is 0 Å². The molecule has 7 heteroatoms. The molecule has 1 aromatic rings. The number of likely N-dealkylation sites (tertiary alicyclic amines) is 1. The Morgan fingerprint density at radius 2 is 1.77 bits per heavy atom. The molecule has 0 unspecified atom stereocenters. The van der Waals surface area contributed by atoms with Gasteiger partial charge < -0.3 is 19.1 Å². The van der Waals surface area contributed by atoms with E-state index in [1.54, 1.807) is 58.0 Å². The van der Waals surface area contributed by atoms with Crippen LogP contribution in [0.5, 0.6) is 0 Å². The largest absolute Gasteiger partial charge is 0.466 e. The first-order chi connectivity index (χ1) is 12.2. The standard InChI is InChI=1S/C19H25NO6/c1-5-24-17(22)14-11-20(18(23)26-19(2,3)4)12-15(14)25-16(21)13-9-7-6-8-10-13/h6-10,14-15H,5,11-12H2,1-4H3/t14-,15+/m0/s1. The van der Waals surface area contributed by atoms with Gasteiger partial charge in [-0.05, 0) is 39.8 Å². The average Bonchev–Trinajstić information content (AvgIpc) is 2.98. The molecule has 7 nitrogen and oxygen atoms in total. The van der Waals surface area contributed by atoms with Crippen molar-refractivity contribution in [3.63, 3.8) is 0 Å². The van der Waals surface area contributed by atoms with Gasteiger partial charge in [0, 0.05) is 6.54 Å². The van der Waals surface area contributed by atoms with E-state index in [-0.39, 0.29) is 19.7 Å². The Hall–Kier alpha value is -2.57. The zero-order valence-electron chi connectivity index (χ0n) is 15.6. The van der Waals surface area contributed by atoms with Gasteiger partial charge in [0.25, 0.3) is 0 Å². The van der Waals surface area contributed by atoms with E-state index < -0.39 is 35.7 Å². The molecule has 1 aromatic carbocycles. The number of benzene rings is 1. The number of nitrogens with zero attached hydrogens (tertiary/aromatic N) is 1. The fourth-order valence-electron chi connectivity index (χ4n) is 2.62. The summed E-state index contributed by atoms with van der Waals surface area (Å²) >= 11 is 0. The number of esters is 2. The molecule has 26 heavy (non-hydrogen) atoms. The van der Waals surface area contributed by atoms with E-state index in [2.05, 4.69) is 0 Å². The lowest BCUT2D eigenvalue weighted by atomic mass is 10.1. The first-order valence-corrected chi connectivity index (χ1v) is 8.62. The maximum absolute atomic E-state index is 12.3. The molecule has 0 aliphatic carbocycles. The van der Waals surface area contributed by atoms with E-state index in [1.807, 2.05) is 0 Å². The van der Waals surface area contributed by atoms with Crippen molar-refractivity contribution in [2.24, 2.45) is 5.92 Å². The normalized spacial score (nSPS) is 19.8. The molecule has 1 heterocycles. The minimum Gasteiger partial charge on any atom is -0.466 e. The summed E-state index contributed by atoms with van der Waals surface area (Å²) in [7, 11) is 0. The van der Waals surface area contributed by atoms with Gasteiger partial charge >= 0.3 is 18.0 Å². The van der Waals surface area contributed by atoms with Crippen molar-refractivity contribution < 1.29 is 28.6 Å². The van der Waals surface area contributed by atoms with Crippen LogP contribution in [-0.2, 0) is 19.0 Å². The Kier molecular flexibility index (Phi) is 6.23. The summed E-state index contributed by atoms with van der Waals surface area (Å²) in [4.78, 5) is 38.2. The molecule has 2 atom stereocenters. The first-order valence-electron chi connectivity index (χ1n) is 8.62. The molecule has 0 saturated carbocycles. The molecule has 1 amide bonds. The van der Waals surface area contributed by atoms with Crippen molar-refractivity contribution in [2.75, 3.05) is 19.7 Å². The summed E-state index contributed by atoms with van der Waals surface area (Å²) in [6.45, 7) is 7.35. The SMILES string of the molecule is CCOC(=O)[C@H]1CN(C(=O)OC(C)(C)C)C[C@H]1OC(=O)c1ccccc1. The number of hydrogen-bond donors (Lipinski definition) is 0. The predicted octanol–water partition coefficient (Wildman–Crippen LogP) is 2.64. The van der Waals surface area contributed by atoms with Gasteiger partial charge in [-0.15, -0.1) is 0 Å². The van der Waals surface area contributed by atoms with Crippen LogP contribution in [0.15, 0.2) is 30.3 Å². The molecule has 0 radical (unpaired) electrons. The van der Waals surface area contributed by atoms with Gasteiger partial charge in [-0.25, -0.2) is 9.59 Å². The zero-order chi connectivity index (χ0) is 19.3. The summed E-state index contributed by atoms with van der Waals surface area (Å²) in [6.07, 6.45) is -1.33. The van der Waals surface area contributed by atoms with Gasteiger partial charge in [-0.1, -0.05) is 18.2 Å². The van der Waals surface area contributed by atoms with Crippen LogP contribution in [0.2, 0.25) is 0 Å². The second-order valence-corrected chi connectivity index (χ2v) is 7.05. The molecule has 1 saturated heterocycles. The van der Waals surface area contributed by atoms with Gasteiger partial charge in [0.05, 0.1) is 18.7 Å². The molecule has 1 fully saturated rings. The number of carbonyl (C=O) groups excluding carboxylic acids is 3. The van der Waals surface area contributed by atoms with Crippen LogP contribution in [0.4, 0.5) is 4.79 Å². The molecule has 2 rings (SSSR count). The summed E-state index contributed by atoms with van der Waals surface area (Å²) in [5.74, 6) is -1.78. The molecule has 1 aliphatic rings. The minimum absolute atomic E-state index is 0.0803. The highest BCUT2D eigenvalue weighted by Crippen LogP contribution is 2.24. The van der Waals surface area contributed by atoms with Crippen molar-refractivity contribution in [1.29, 1.82) is 0 Å². The van der Waals surface area contributed by atoms with Gasteiger partial charge in [0.1, 0.15) is 17.6 Å². The number of rotatable bonds is 4. The van der Waals surface area contributed by atoms with Crippen molar-refractivity contribution in [3.8, 4) is 0 Å². The second-order valence-electron chi connectivity index (χ2n) is 7.05. The molecule has 142 valence electrons. The lowest BCUT2D eigenvalue weighted by Crippen LogP contribution is -2.36. The van der Waals surface area contributed by atoms with Crippen LogP contribution in [0, 0.1) is 5.92 Å². The number of ether oxygens (including phenoxy) is 3. The fraction of sp³-hybridized carbons (Fsp3) is 0.526. The van der Waals surface area contributed by atoms with E-state index >= 15 is 0 Å². The van der Waals surface area contributed by atoms with Crippen molar-refractivity contribution in [3.05, 3.63) is 35.9 Å². The Morgan fingerprint density at radius 3 is 2.35 bits per heavy atom. The van der Waals surface area contributed by atoms with Crippen LogP contribution in [0.3, 0.4) is 0 Å². The summed E-state index contributed by atoms with van der Waals surface area (Å²) in [5, 5.41) is 0. The molecule has 0 aromatic heterocycles. The van der Waals surface area contributed by atoms with Crippen molar-refractivity contribution >= 4 is 18.0 Å². The van der Waals surface area contributed by atoms with Crippen LogP contribution in [0.1, 0.15) is 38.1 Å². The average molecular weight is 363 g/mol. The molecular weight excluding hydrogens is 338 g/mol. The predicted molar refractivity (Wildman–Crippen MR) is 93.6 cm³/mol. The summed E-state index contributed by atoms with van der Waals surface area (Å²) < 4.78 is 15.9. The zero-order valence-corrected chi connectivity index (χ0v) is 15.6. The van der Waals surface area contributed by atoms with E-state index in [1.165, 1.54) is 4.90 Å². The van der Waals surface area contributed by atoms with E-state index in [9.17, 15) is 14.4 Å². The highest BCUT2D eigenvalue weighted by molar-refractivity contribution is 5.90. The summed E-state index contributed by atoms with van der Waals surface area (Å²) in [6, 6.07) is 8.49. The maximum Gasteiger partial charge on any atom is 0.410 e. The molecule has 0 spiro atoms. The third-order valence-electron chi connectivity index (χ3n) is 3.78. The first kappa shape index (κ1) is 19.8. The monoisotopic (exact) mass is 363 g/mol. The Labute approximate surface area is 153 Å². The van der Waals surface area contributed by atoms with E-state index in [0.29, 0.717) is 5.56 Å². The smallest absolute Gasteiger partial charge is 0.410 e. The third kappa shape index (κ3) is 5.21. The van der Waals surface area contributed by atoms with Crippen LogP contribution in [-0.4, -0.2) is 54.3 Å². The Morgan fingerprint density at radius 1 is 1.12 bits per heavy atom. The lowest BCUT2D eigenvalue weighted by molar-refractivity contribution is -0.150. The lowest BCUT2D eigenvalue weighted by Gasteiger charge is -2.24.